The number of aromatic nitrogens is 1. The Bertz CT molecular complexity index is 330. The van der Waals surface area contributed by atoms with Gasteiger partial charge in [0, 0.05) is 5.56 Å². The first-order valence-electron chi connectivity index (χ1n) is 4.06. The van der Waals surface area contributed by atoms with Gasteiger partial charge in [-0.2, -0.15) is 17.6 Å². The van der Waals surface area contributed by atoms with Gasteiger partial charge in [0.1, 0.15) is 5.69 Å². The third-order valence-corrected chi connectivity index (χ3v) is 1.79. The summed E-state index contributed by atoms with van der Waals surface area (Å²) in [5.74, 6) is -1.22. The van der Waals surface area contributed by atoms with Crippen molar-refractivity contribution < 1.29 is 17.6 Å². The lowest BCUT2D eigenvalue weighted by atomic mass is 10.1. The van der Waals surface area contributed by atoms with E-state index < -0.39 is 17.8 Å². The summed E-state index contributed by atoms with van der Waals surface area (Å²) >= 11 is 0. The predicted octanol–water partition coefficient (Wildman–Crippen LogP) is 3.36. The fourth-order valence-electron chi connectivity index (χ4n) is 1.03. The number of halogens is 4. The van der Waals surface area contributed by atoms with E-state index in [-0.39, 0.29) is 11.5 Å². The lowest BCUT2D eigenvalue weighted by Gasteiger charge is -2.09. The molecule has 0 aliphatic carbocycles. The minimum Gasteiger partial charge on any atom is -0.215 e. The van der Waals surface area contributed by atoms with Crippen LogP contribution in [0, 0.1) is 5.95 Å². The molecule has 1 aromatic heterocycles. The van der Waals surface area contributed by atoms with Gasteiger partial charge in [-0.05, 0) is 12.0 Å². The molecule has 0 spiro atoms. The molecule has 78 valence electrons. The zero-order valence-electron chi connectivity index (χ0n) is 7.69. The summed E-state index contributed by atoms with van der Waals surface area (Å²) in [6, 6.07) is 1.91. The van der Waals surface area contributed by atoms with Gasteiger partial charge in [0.2, 0.25) is 5.95 Å². The van der Waals surface area contributed by atoms with E-state index in [0.717, 1.165) is 12.1 Å². The van der Waals surface area contributed by atoms with Gasteiger partial charge in [0.05, 0.1) is 0 Å². The van der Waals surface area contributed by atoms with Crippen LogP contribution in [0.1, 0.15) is 31.0 Å². The first-order valence-corrected chi connectivity index (χ1v) is 4.06. The van der Waals surface area contributed by atoms with Crippen molar-refractivity contribution in [2.24, 2.45) is 0 Å². The van der Waals surface area contributed by atoms with Crippen LogP contribution < -0.4 is 0 Å². The van der Waals surface area contributed by atoms with Gasteiger partial charge in [-0.3, -0.25) is 0 Å². The molecule has 0 aliphatic heterocycles. The Hall–Kier alpha value is -1.13. The van der Waals surface area contributed by atoms with Crippen molar-refractivity contribution in [3.8, 4) is 0 Å². The highest BCUT2D eigenvalue weighted by atomic mass is 19.4. The highest BCUT2D eigenvalue weighted by Gasteiger charge is 2.33. The quantitative estimate of drug-likeness (QED) is 0.508. The van der Waals surface area contributed by atoms with Gasteiger partial charge < -0.3 is 0 Å². The second-order valence-corrected chi connectivity index (χ2v) is 3.23. The number of nitrogens with zero attached hydrogens (tertiary/aromatic N) is 1. The molecule has 0 radical (unpaired) electrons. The maximum absolute atomic E-state index is 13.0. The Kier molecular flexibility index (Phi) is 2.78. The summed E-state index contributed by atoms with van der Waals surface area (Å²) in [7, 11) is 0. The summed E-state index contributed by atoms with van der Waals surface area (Å²) in [6.07, 6.45) is -4.59. The number of hydrogen-bond acceptors (Lipinski definition) is 1. The second kappa shape index (κ2) is 3.55. The maximum atomic E-state index is 13.0. The summed E-state index contributed by atoms with van der Waals surface area (Å²) in [5, 5.41) is 0. The van der Waals surface area contributed by atoms with Crippen molar-refractivity contribution in [3.63, 3.8) is 0 Å². The van der Waals surface area contributed by atoms with Crippen LogP contribution in [0.4, 0.5) is 17.6 Å². The largest absolute Gasteiger partial charge is 0.433 e. The van der Waals surface area contributed by atoms with E-state index in [1.807, 2.05) is 0 Å². The minimum absolute atomic E-state index is 0.176. The molecule has 0 amide bonds. The monoisotopic (exact) mass is 207 g/mol. The molecule has 0 aliphatic rings. The molecule has 1 aromatic rings. The Labute approximate surface area is 78.8 Å². The average Bonchev–Trinajstić information content (AvgIpc) is 2.01. The van der Waals surface area contributed by atoms with E-state index in [1.165, 1.54) is 0 Å². The molecule has 14 heavy (non-hydrogen) atoms. The van der Waals surface area contributed by atoms with Crippen molar-refractivity contribution in [3.05, 3.63) is 29.3 Å². The first-order chi connectivity index (χ1) is 6.32. The summed E-state index contributed by atoms with van der Waals surface area (Å²) in [4.78, 5) is 2.87. The summed E-state index contributed by atoms with van der Waals surface area (Å²) in [6.45, 7) is 3.38. The SMILES string of the molecule is CC(C)c1ccc(C(F)(F)F)nc1F. The molecule has 1 nitrogen and oxygen atoms in total. The number of pyridine rings is 1. The van der Waals surface area contributed by atoms with E-state index >= 15 is 0 Å². The molecule has 1 heterocycles. The van der Waals surface area contributed by atoms with Crippen molar-refractivity contribution in [1.82, 2.24) is 4.98 Å². The van der Waals surface area contributed by atoms with Gasteiger partial charge >= 0.3 is 6.18 Å². The maximum Gasteiger partial charge on any atom is 0.433 e. The third kappa shape index (κ3) is 2.21. The molecule has 0 unspecified atom stereocenters. The van der Waals surface area contributed by atoms with Gasteiger partial charge in [0.25, 0.3) is 0 Å². The highest BCUT2D eigenvalue weighted by Crippen LogP contribution is 2.29. The Morgan fingerprint density at radius 1 is 1.21 bits per heavy atom. The molecule has 1 rings (SSSR count). The van der Waals surface area contributed by atoms with Crippen LogP contribution in [0.3, 0.4) is 0 Å². The van der Waals surface area contributed by atoms with Crippen LogP contribution in [0.25, 0.3) is 0 Å². The topological polar surface area (TPSA) is 12.9 Å². The van der Waals surface area contributed by atoms with Crippen molar-refractivity contribution >= 4 is 0 Å². The molecule has 0 atom stereocenters. The number of hydrogen-bond donors (Lipinski definition) is 0. The third-order valence-electron chi connectivity index (χ3n) is 1.79. The van der Waals surface area contributed by atoms with Gasteiger partial charge in [0.15, 0.2) is 0 Å². The summed E-state index contributed by atoms with van der Waals surface area (Å²) in [5.41, 5.74) is -1.00. The standard InChI is InChI=1S/C9H9F4N/c1-5(2)6-3-4-7(9(11,12)13)14-8(6)10/h3-5H,1-2H3. The molecule has 0 aromatic carbocycles. The Morgan fingerprint density at radius 3 is 2.14 bits per heavy atom. The first kappa shape index (κ1) is 10.9. The Balaban J connectivity index is 3.13. The van der Waals surface area contributed by atoms with Gasteiger partial charge in [-0.1, -0.05) is 19.9 Å². The normalized spacial score (nSPS) is 12.2. The lowest BCUT2D eigenvalue weighted by Crippen LogP contribution is -2.10. The van der Waals surface area contributed by atoms with Gasteiger partial charge in [-0.15, -0.1) is 0 Å². The minimum atomic E-state index is -4.59. The van der Waals surface area contributed by atoms with Crippen LogP contribution >= 0.6 is 0 Å². The zero-order chi connectivity index (χ0) is 10.9. The molecule has 5 heteroatoms. The number of rotatable bonds is 1. The molecule has 0 saturated heterocycles. The van der Waals surface area contributed by atoms with Crippen LogP contribution in [0.2, 0.25) is 0 Å². The van der Waals surface area contributed by atoms with Crippen molar-refractivity contribution in [1.29, 1.82) is 0 Å². The zero-order valence-corrected chi connectivity index (χ0v) is 7.69. The summed E-state index contributed by atoms with van der Waals surface area (Å²) < 4.78 is 49.2. The van der Waals surface area contributed by atoms with Crippen LogP contribution in [-0.2, 0) is 6.18 Å². The highest BCUT2D eigenvalue weighted by molar-refractivity contribution is 5.20. The fraction of sp³-hybridized carbons (Fsp3) is 0.444. The van der Waals surface area contributed by atoms with Gasteiger partial charge in [-0.25, -0.2) is 4.98 Å². The second-order valence-electron chi connectivity index (χ2n) is 3.23. The number of alkyl halides is 3. The van der Waals surface area contributed by atoms with E-state index in [4.69, 9.17) is 0 Å². The fourth-order valence-corrected chi connectivity index (χ4v) is 1.03. The van der Waals surface area contributed by atoms with Crippen LogP contribution in [-0.4, -0.2) is 4.98 Å². The van der Waals surface area contributed by atoms with Crippen LogP contribution in [0.5, 0.6) is 0 Å². The van der Waals surface area contributed by atoms with Crippen molar-refractivity contribution in [2.75, 3.05) is 0 Å². The van der Waals surface area contributed by atoms with E-state index in [1.54, 1.807) is 13.8 Å². The molecular formula is C9H9F4N. The molecule has 0 bridgehead atoms. The average molecular weight is 207 g/mol. The van der Waals surface area contributed by atoms with Crippen LogP contribution in [0.15, 0.2) is 12.1 Å². The smallest absolute Gasteiger partial charge is 0.215 e. The lowest BCUT2D eigenvalue weighted by molar-refractivity contribution is -0.141. The van der Waals surface area contributed by atoms with E-state index in [0.29, 0.717) is 0 Å². The molecular weight excluding hydrogens is 198 g/mol. The molecule has 0 saturated carbocycles. The predicted molar refractivity (Wildman–Crippen MR) is 43.3 cm³/mol. The Morgan fingerprint density at radius 2 is 1.79 bits per heavy atom. The molecule has 0 N–H and O–H groups in total. The van der Waals surface area contributed by atoms with E-state index in [2.05, 4.69) is 4.98 Å². The molecule has 0 fully saturated rings. The van der Waals surface area contributed by atoms with Crippen molar-refractivity contribution in [2.45, 2.75) is 25.9 Å². The van der Waals surface area contributed by atoms with E-state index in [9.17, 15) is 17.6 Å².